The second-order valence-electron chi connectivity index (χ2n) is 16.1. The Bertz CT molecular complexity index is 1970. The maximum Gasteiger partial charge on any atom is 2.00 e. The fourth-order valence-corrected chi connectivity index (χ4v) is 5.09. The summed E-state index contributed by atoms with van der Waals surface area (Å²) in [6.45, 7) is 6.71. The average molecular weight is 1560 g/mol. The summed E-state index contributed by atoms with van der Waals surface area (Å²) >= 11 is 23.6. The van der Waals surface area contributed by atoms with E-state index in [9.17, 15) is 58.8 Å². The van der Waals surface area contributed by atoms with Crippen LogP contribution < -0.4 is 41.7 Å². The molecule has 0 aliphatic carbocycles. The summed E-state index contributed by atoms with van der Waals surface area (Å²) in [5, 5.41) is 49.7. The van der Waals surface area contributed by atoms with Gasteiger partial charge in [-0.15, -0.1) is 22.3 Å². The van der Waals surface area contributed by atoms with Gasteiger partial charge < -0.3 is 80.5 Å². The van der Waals surface area contributed by atoms with Crippen molar-refractivity contribution in [3.8, 4) is 0 Å². The van der Waals surface area contributed by atoms with Gasteiger partial charge in [0.15, 0.2) is 0 Å². The summed E-state index contributed by atoms with van der Waals surface area (Å²) in [7, 11) is 16.1. The Morgan fingerprint density at radius 2 is 0.512 bits per heavy atom. The van der Waals surface area contributed by atoms with E-state index in [4.69, 9.17) is 46.4 Å². The molecule has 0 heterocycles. The van der Waals surface area contributed by atoms with E-state index < -0.39 is 50.1 Å². The summed E-state index contributed by atoms with van der Waals surface area (Å²) in [6.07, 6.45) is 0. The molecule has 0 bridgehead atoms. The predicted octanol–water partition coefficient (Wildman–Crippen LogP) is 0.287. The average Bonchev–Trinajstić information content (AvgIpc) is 3.30. The Hall–Kier alpha value is -3.71. The number of nitrogens with zero attached hydrogens (tertiary/aromatic N) is 4. The maximum absolute atomic E-state index is 9.95. The third-order valence-electron chi connectivity index (χ3n) is 7.36. The van der Waals surface area contributed by atoms with Crippen molar-refractivity contribution >= 4 is 93.9 Å². The SMILES string of the molecule is CC(=O)NCC(=O)[O-].CC(=O)NCC(=O)[O-].CC(=O)NCC(=O)[O-].CC(=O)NCC(=O)[O-].CN(C)Cc1[c-]cccc1Cl.CN(C)Cc1[c-]cccc1Cl.CN(C)Cc1[c-]cccc1Cl.CN(C)Cc1[c-]cccc1Cl.[Pd+2].[Pd+2].[Pd+2].[Pd+2]. The van der Waals surface area contributed by atoms with Gasteiger partial charge in [0.2, 0.25) is 23.6 Å². The van der Waals surface area contributed by atoms with Crippen LogP contribution in [0.1, 0.15) is 49.9 Å². The number of nitrogens with one attached hydrogen (secondary N) is 4. The molecule has 456 valence electrons. The molecule has 20 nitrogen and oxygen atoms in total. The molecule has 0 aliphatic heterocycles. The van der Waals surface area contributed by atoms with Gasteiger partial charge in [-0.1, -0.05) is 20.1 Å². The fraction of sp³-hybridized carbons (Fsp3) is 0.385. The molecule has 0 saturated carbocycles. The second kappa shape index (κ2) is 58.5. The number of carbonyl (C=O) groups excluding carboxylic acids is 8. The first-order valence-electron chi connectivity index (χ1n) is 22.3. The molecule has 4 N–H and O–H groups in total. The molecule has 0 saturated heterocycles. The Kier molecular flexibility index (Phi) is 67.8. The van der Waals surface area contributed by atoms with Gasteiger partial charge in [0, 0.05) is 53.9 Å². The Balaban J connectivity index is -0.000000123. The van der Waals surface area contributed by atoms with Gasteiger partial charge >= 0.3 is 81.7 Å². The van der Waals surface area contributed by atoms with Gasteiger partial charge in [-0.05, 0) is 56.4 Å². The van der Waals surface area contributed by atoms with E-state index in [0.29, 0.717) is 0 Å². The van der Waals surface area contributed by atoms with E-state index in [1.54, 1.807) is 0 Å². The molecule has 0 spiro atoms. The molecule has 0 atom stereocenters. The third kappa shape index (κ3) is 68.6. The van der Waals surface area contributed by atoms with Crippen LogP contribution in [0, 0.1) is 24.3 Å². The zero-order chi connectivity index (χ0) is 59.3. The van der Waals surface area contributed by atoms with Crippen LogP contribution in [0.25, 0.3) is 0 Å². The number of aliphatic carboxylic acids is 4. The van der Waals surface area contributed by atoms with E-state index in [2.05, 4.69) is 43.9 Å². The van der Waals surface area contributed by atoms with Crippen LogP contribution in [0.3, 0.4) is 0 Å². The number of benzene rings is 4. The van der Waals surface area contributed by atoms with E-state index in [0.717, 1.165) is 68.5 Å². The fourth-order valence-electron chi connectivity index (χ4n) is 4.34. The number of hydrogen-bond acceptors (Lipinski definition) is 16. The third-order valence-corrected chi connectivity index (χ3v) is 8.78. The molecular formula is C52H68Cl4N8O12Pd4. The van der Waals surface area contributed by atoms with E-state index in [1.807, 2.05) is 150 Å². The van der Waals surface area contributed by atoms with Crippen molar-refractivity contribution in [2.45, 2.75) is 53.9 Å². The van der Waals surface area contributed by atoms with Gasteiger partial charge in [0.25, 0.3) is 0 Å². The molecule has 80 heavy (non-hydrogen) atoms. The van der Waals surface area contributed by atoms with Gasteiger partial charge in [-0.3, -0.25) is 19.2 Å². The minimum Gasteiger partial charge on any atom is -0.548 e. The van der Waals surface area contributed by atoms with Crippen molar-refractivity contribution in [1.29, 1.82) is 0 Å². The number of hydrogen-bond donors (Lipinski definition) is 4. The number of carbonyl (C=O) groups is 8. The zero-order valence-electron chi connectivity index (χ0n) is 46.0. The number of carboxylic acids is 4. The summed E-state index contributed by atoms with van der Waals surface area (Å²) in [5.41, 5.74) is 4.22. The topological polar surface area (TPSA) is 290 Å². The number of carboxylic acid groups (broad SMARTS) is 4. The summed E-state index contributed by atoms with van der Waals surface area (Å²) < 4.78 is 0. The molecule has 4 rings (SSSR count). The molecule has 0 aliphatic rings. The van der Waals surface area contributed by atoms with Crippen LogP contribution in [0.4, 0.5) is 0 Å². The molecule has 0 aromatic heterocycles. The van der Waals surface area contributed by atoms with Crippen molar-refractivity contribution in [2.24, 2.45) is 0 Å². The van der Waals surface area contributed by atoms with Gasteiger partial charge in [0.1, 0.15) is 0 Å². The number of halogens is 4. The van der Waals surface area contributed by atoms with Crippen molar-refractivity contribution in [2.75, 3.05) is 82.6 Å². The van der Waals surface area contributed by atoms with Crippen molar-refractivity contribution in [3.05, 3.63) is 139 Å². The van der Waals surface area contributed by atoms with Crippen LogP contribution >= 0.6 is 46.4 Å². The van der Waals surface area contributed by atoms with Gasteiger partial charge in [-0.25, -0.2) is 0 Å². The Morgan fingerprint density at radius 3 is 0.600 bits per heavy atom. The van der Waals surface area contributed by atoms with Crippen molar-refractivity contribution in [3.63, 3.8) is 0 Å². The van der Waals surface area contributed by atoms with Crippen LogP contribution in [0.5, 0.6) is 0 Å². The molecule has 0 radical (unpaired) electrons. The first kappa shape index (κ1) is 92.7. The van der Waals surface area contributed by atoms with Crippen molar-refractivity contribution < 1.29 is 140 Å². The Labute approximate surface area is 546 Å². The normalized spacial score (nSPS) is 9.05. The second-order valence-corrected chi connectivity index (χ2v) is 17.7. The smallest absolute Gasteiger partial charge is 0.548 e. The summed E-state index contributed by atoms with van der Waals surface area (Å²) in [5.74, 6) is -6.58. The molecule has 4 aromatic carbocycles. The van der Waals surface area contributed by atoms with E-state index in [1.165, 1.54) is 27.7 Å². The largest absolute Gasteiger partial charge is 2.00 e. The van der Waals surface area contributed by atoms with Gasteiger partial charge in [-0.2, -0.15) is 143 Å². The van der Waals surface area contributed by atoms with Crippen LogP contribution in [-0.2, 0) is 146 Å². The molecule has 4 amide bonds. The van der Waals surface area contributed by atoms with Crippen LogP contribution in [0.2, 0.25) is 20.1 Å². The minimum absolute atomic E-state index is 0. The van der Waals surface area contributed by atoms with Crippen molar-refractivity contribution in [1.82, 2.24) is 40.9 Å². The quantitative estimate of drug-likeness (QED) is 0.0866. The summed E-state index contributed by atoms with van der Waals surface area (Å²) in [6, 6.07) is 35.0. The first-order chi connectivity index (χ1) is 35.3. The number of amides is 4. The molecule has 28 heteroatoms. The molecule has 0 fully saturated rings. The van der Waals surface area contributed by atoms with E-state index >= 15 is 0 Å². The maximum atomic E-state index is 9.95. The van der Waals surface area contributed by atoms with Crippen LogP contribution in [-0.4, -0.2) is 150 Å². The standard InChI is InChI=1S/4C9H11ClN.4C4H7NO3.4Pd/c4*1-11(2)7-8-5-3-4-6-9(8)10;4*1-3(6)5-2-4(7)8;;;;/h4*3-4,6H,7H2,1-2H3;4*2H2,1H3,(H,5,6)(H,7,8);;;;/q4*-1;;;;;4*+2/p-4. The van der Waals surface area contributed by atoms with E-state index in [-0.39, 0.29) is 105 Å². The van der Waals surface area contributed by atoms with Crippen LogP contribution in [0.15, 0.2) is 72.8 Å². The number of rotatable bonds is 16. The molecule has 4 aromatic rings. The molecule has 0 unspecified atom stereocenters. The van der Waals surface area contributed by atoms with Gasteiger partial charge in [0.05, 0.1) is 50.1 Å². The summed E-state index contributed by atoms with van der Waals surface area (Å²) in [4.78, 5) is 86.4. The monoisotopic (exact) mass is 1560 g/mol. The minimum atomic E-state index is -1.28. The first-order valence-corrected chi connectivity index (χ1v) is 23.8. The zero-order valence-corrected chi connectivity index (χ0v) is 55.3. The predicted molar refractivity (Wildman–Crippen MR) is 285 cm³/mol. The Morgan fingerprint density at radius 1 is 0.362 bits per heavy atom. The molecular weight excluding hydrogens is 1500 g/mol.